The number of piperidine rings is 1. The number of carbonyl (C=O) groups excluding carboxylic acids is 1. The van der Waals surface area contributed by atoms with Gasteiger partial charge in [-0.05, 0) is 44.5 Å². The van der Waals surface area contributed by atoms with Crippen molar-refractivity contribution in [1.82, 2.24) is 25.1 Å². The van der Waals surface area contributed by atoms with Gasteiger partial charge in [0.2, 0.25) is 5.91 Å². The van der Waals surface area contributed by atoms with Gasteiger partial charge in [-0.1, -0.05) is 18.3 Å². The van der Waals surface area contributed by atoms with E-state index in [4.69, 9.17) is 4.98 Å². The van der Waals surface area contributed by atoms with Crippen LogP contribution in [0.3, 0.4) is 0 Å². The van der Waals surface area contributed by atoms with Crippen LogP contribution in [0.2, 0.25) is 0 Å². The summed E-state index contributed by atoms with van der Waals surface area (Å²) >= 11 is 1.62. The molecule has 1 atom stereocenters. The molecule has 0 aromatic carbocycles. The van der Waals surface area contributed by atoms with E-state index >= 15 is 0 Å². The van der Waals surface area contributed by atoms with E-state index < -0.39 is 0 Å². The van der Waals surface area contributed by atoms with E-state index in [-0.39, 0.29) is 11.8 Å². The van der Waals surface area contributed by atoms with Crippen molar-refractivity contribution in [1.29, 1.82) is 0 Å². The third-order valence-corrected chi connectivity index (χ3v) is 7.12. The standard InChI is InChI=1S/C21H32N6OS/c1-2-25-12-14-26(15-13-25)10-5-9-22-19(28)17-6-4-11-27(16-17)21-24-18-7-3-8-23-20(18)29-21/h3,7-8,17H,2,4-6,9-16H2,1H3,(H,22,28). The van der Waals surface area contributed by atoms with Crippen molar-refractivity contribution in [2.75, 3.05) is 63.8 Å². The number of fused-ring (bicyclic) bond motifs is 1. The summed E-state index contributed by atoms with van der Waals surface area (Å²) in [6.45, 7) is 11.6. The maximum Gasteiger partial charge on any atom is 0.224 e. The molecule has 0 bridgehead atoms. The second-order valence-corrected chi connectivity index (χ2v) is 8.99. The molecule has 0 spiro atoms. The zero-order valence-corrected chi connectivity index (χ0v) is 18.2. The molecule has 2 aromatic heterocycles. The summed E-state index contributed by atoms with van der Waals surface area (Å²) in [5.41, 5.74) is 0.943. The number of amides is 1. The molecule has 1 N–H and O–H groups in total. The van der Waals surface area contributed by atoms with Gasteiger partial charge in [0.15, 0.2) is 5.13 Å². The minimum atomic E-state index is 0.0526. The lowest BCUT2D eigenvalue weighted by molar-refractivity contribution is -0.125. The van der Waals surface area contributed by atoms with E-state index in [2.05, 4.69) is 31.9 Å². The summed E-state index contributed by atoms with van der Waals surface area (Å²) in [6.07, 6.45) is 4.83. The van der Waals surface area contributed by atoms with E-state index in [1.165, 1.54) is 13.1 Å². The largest absolute Gasteiger partial charge is 0.356 e. The Morgan fingerprint density at radius 3 is 2.86 bits per heavy atom. The van der Waals surface area contributed by atoms with Crippen LogP contribution in [0.5, 0.6) is 0 Å². The minimum absolute atomic E-state index is 0.0526. The highest BCUT2D eigenvalue weighted by Gasteiger charge is 2.27. The molecule has 2 aliphatic rings. The Hall–Kier alpha value is -1.77. The van der Waals surface area contributed by atoms with Gasteiger partial charge in [0.1, 0.15) is 10.3 Å². The molecule has 29 heavy (non-hydrogen) atoms. The Labute approximate surface area is 177 Å². The Morgan fingerprint density at radius 1 is 1.24 bits per heavy atom. The Balaban J connectivity index is 1.21. The van der Waals surface area contributed by atoms with Crippen LogP contribution in [0.15, 0.2) is 18.3 Å². The van der Waals surface area contributed by atoms with Crippen LogP contribution in [0, 0.1) is 5.92 Å². The summed E-state index contributed by atoms with van der Waals surface area (Å²) in [4.78, 5) is 30.0. The monoisotopic (exact) mass is 416 g/mol. The van der Waals surface area contributed by atoms with Gasteiger partial charge in [-0.2, -0.15) is 0 Å². The normalized spacial score (nSPS) is 21.6. The van der Waals surface area contributed by atoms with Gasteiger partial charge in [0, 0.05) is 52.0 Å². The first kappa shape index (κ1) is 20.5. The number of piperazine rings is 1. The third-order valence-electron chi connectivity index (χ3n) is 6.08. The summed E-state index contributed by atoms with van der Waals surface area (Å²) < 4.78 is 0. The van der Waals surface area contributed by atoms with E-state index in [0.717, 1.165) is 80.6 Å². The first-order valence-corrected chi connectivity index (χ1v) is 11.7. The molecule has 7 nitrogen and oxygen atoms in total. The fourth-order valence-electron chi connectivity index (χ4n) is 4.25. The highest BCUT2D eigenvalue weighted by atomic mass is 32.1. The number of hydrogen-bond acceptors (Lipinski definition) is 7. The number of nitrogens with one attached hydrogen (secondary N) is 1. The molecule has 2 aliphatic heterocycles. The molecule has 0 radical (unpaired) electrons. The lowest BCUT2D eigenvalue weighted by Crippen LogP contribution is -2.47. The summed E-state index contributed by atoms with van der Waals surface area (Å²) in [5, 5.41) is 4.17. The predicted octanol–water partition coefficient (Wildman–Crippen LogP) is 2.05. The molecule has 2 aromatic rings. The molecule has 4 rings (SSSR count). The van der Waals surface area contributed by atoms with Crippen molar-refractivity contribution < 1.29 is 4.79 Å². The van der Waals surface area contributed by atoms with E-state index in [9.17, 15) is 4.79 Å². The first-order chi connectivity index (χ1) is 14.2. The number of nitrogens with zero attached hydrogens (tertiary/aromatic N) is 5. The Morgan fingerprint density at radius 2 is 2.07 bits per heavy atom. The maximum absolute atomic E-state index is 12.7. The van der Waals surface area contributed by atoms with Gasteiger partial charge in [0.25, 0.3) is 0 Å². The highest BCUT2D eigenvalue weighted by Crippen LogP contribution is 2.30. The highest BCUT2D eigenvalue weighted by molar-refractivity contribution is 7.21. The smallest absolute Gasteiger partial charge is 0.224 e. The van der Waals surface area contributed by atoms with Crippen LogP contribution in [0.25, 0.3) is 10.3 Å². The van der Waals surface area contributed by atoms with Crippen LogP contribution in [0.4, 0.5) is 5.13 Å². The number of hydrogen-bond donors (Lipinski definition) is 1. The molecule has 4 heterocycles. The van der Waals surface area contributed by atoms with Crippen LogP contribution in [-0.4, -0.2) is 84.6 Å². The van der Waals surface area contributed by atoms with E-state index in [1.54, 1.807) is 17.5 Å². The van der Waals surface area contributed by atoms with Crippen LogP contribution < -0.4 is 10.2 Å². The maximum atomic E-state index is 12.7. The van der Waals surface area contributed by atoms with Crippen LogP contribution >= 0.6 is 11.3 Å². The number of aromatic nitrogens is 2. The zero-order valence-electron chi connectivity index (χ0n) is 17.3. The van der Waals surface area contributed by atoms with Crippen molar-refractivity contribution in [3.63, 3.8) is 0 Å². The summed E-state index contributed by atoms with van der Waals surface area (Å²) in [5.74, 6) is 0.251. The van der Waals surface area contributed by atoms with Crippen molar-refractivity contribution >= 4 is 32.7 Å². The first-order valence-electron chi connectivity index (χ1n) is 10.9. The van der Waals surface area contributed by atoms with Crippen molar-refractivity contribution in [3.8, 4) is 0 Å². The molecule has 1 amide bonds. The topological polar surface area (TPSA) is 64.6 Å². The summed E-state index contributed by atoms with van der Waals surface area (Å²) in [7, 11) is 0. The van der Waals surface area contributed by atoms with Gasteiger partial charge in [-0.15, -0.1) is 0 Å². The van der Waals surface area contributed by atoms with Gasteiger partial charge < -0.3 is 20.0 Å². The molecular formula is C21H32N6OS. The van der Waals surface area contributed by atoms with Gasteiger partial charge in [-0.3, -0.25) is 4.79 Å². The number of likely N-dealkylation sites (N-methyl/N-ethyl adjacent to an activating group) is 1. The fraction of sp³-hybridized carbons (Fsp3) is 0.667. The van der Waals surface area contributed by atoms with Gasteiger partial charge in [-0.25, -0.2) is 9.97 Å². The second kappa shape index (κ2) is 9.82. The van der Waals surface area contributed by atoms with Crippen molar-refractivity contribution in [3.05, 3.63) is 18.3 Å². The average Bonchev–Trinajstić information content (AvgIpc) is 3.21. The van der Waals surface area contributed by atoms with Crippen molar-refractivity contribution in [2.45, 2.75) is 26.2 Å². The fourth-order valence-corrected chi connectivity index (χ4v) is 5.19. The molecule has 8 heteroatoms. The van der Waals surface area contributed by atoms with Crippen LogP contribution in [-0.2, 0) is 4.79 Å². The number of thiazole rings is 1. The number of carbonyl (C=O) groups is 1. The quantitative estimate of drug-likeness (QED) is 0.697. The Bertz CT molecular complexity index is 770. The van der Waals surface area contributed by atoms with Gasteiger partial charge in [0.05, 0.1) is 5.92 Å². The van der Waals surface area contributed by atoms with E-state index in [1.807, 2.05) is 12.1 Å². The Kier molecular flexibility index (Phi) is 6.94. The van der Waals surface area contributed by atoms with Gasteiger partial charge >= 0.3 is 0 Å². The number of pyridine rings is 1. The predicted molar refractivity (Wildman–Crippen MR) is 119 cm³/mol. The molecule has 0 saturated carbocycles. The van der Waals surface area contributed by atoms with Crippen LogP contribution in [0.1, 0.15) is 26.2 Å². The third kappa shape index (κ3) is 5.24. The minimum Gasteiger partial charge on any atom is -0.356 e. The molecular weight excluding hydrogens is 384 g/mol. The van der Waals surface area contributed by atoms with E-state index in [0.29, 0.717) is 0 Å². The molecule has 158 valence electrons. The number of anilines is 1. The lowest BCUT2D eigenvalue weighted by atomic mass is 9.97. The van der Waals surface area contributed by atoms with Crippen molar-refractivity contribution in [2.24, 2.45) is 5.92 Å². The molecule has 1 unspecified atom stereocenters. The SMILES string of the molecule is CCN1CCN(CCCNC(=O)C2CCCN(c3nc4cccnc4s3)C2)CC1. The zero-order chi connectivity index (χ0) is 20.1. The summed E-state index contributed by atoms with van der Waals surface area (Å²) in [6, 6.07) is 3.92. The second-order valence-electron chi connectivity index (χ2n) is 8.03. The number of rotatable bonds is 7. The molecule has 2 fully saturated rings. The molecule has 2 saturated heterocycles. The molecule has 0 aliphatic carbocycles. The average molecular weight is 417 g/mol. The lowest BCUT2D eigenvalue weighted by Gasteiger charge is -2.34.